The maximum Gasteiger partial charge on any atom is 0.119 e. The van der Waals surface area contributed by atoms with Crippen LogP contribution in [0.1, 0.15) is 33.1 Å². The molecule has 0 spiro atoms. The van der Waals surface area contributed by atoms with Gasteiger partial charge in [0.2, 0.25) is 0 Å². The third-order valence-electron chi connectivity index (χ3n) is 4.09. The molecule has 17 heavy (non-hydrogen) atoms. The van der Waals surface area contributed by atoms with E-state index in [0.717, 1.165) is 16.6 Å². The zero-order valence-electron chi connectivity index (χ0n) is 10.2. The molecule has 2 rings (SSSR count). The van der Waals surface area contributed by atoms with E-state index >= 15 is 0 Å². The Morgan fingerprint density at radius 3 is 2.29 bits per heavy atom. The molecule has 0 aliphatic heterocycles. The molecule has 0 radical (unpaired) electrons. The van der Waals surface area contributed by atoms with Gasteiger partial charge < -0.3 is 4.74 Å². The van der Waals surface area contributed by atoms with E-state index < -0.39 is 0 Å². The number of hydrogen-bond acceptors (Lipinski definition) is 1. The van der Waals surface area contributed by atoms with Crippen LogP contribution in [0.5, 0.6) is 5.75 Å². The van der Waals surface area contributed by atoms with E-state index in [9.17, 15) is 0 Å². The van der Waals surface area contributed by atoms with Crippen LogP contribution in [-0.4, -0.2) is 10.9 Å². The highest BCUT2D eigenvalue weighted by atomic mass is 79.9. The molecule has 1 aromatic carbocycles. The van der Waals surface area contributed by atoms with Crippen LogP contribution in [0.15, 0.2) is 28.7 Å². The number of benzene rings is 1. The molecule has 1 aliphatic carbocycles. The van der Waals surface area contributed by atoms with Crippen molar-refractivity contribution in [2.24, 2.45) is 5.41 Å². The van der Waals surface area contributed by atoms with Crippen LogP contribution in [-0.2, 0) is 0 Å². The molecule has 1 aromatic rings. The molecule has 2 unspecified atom stereocenters. The van der Waals surface area contributed by atoms with E-state index in [1.807, 2.05) is 24.3 Å². The van der Waals surface area contributed by atoms with Gasteiger partial charge in [-0.2, -0.15) is 0 Å². The summed E-state index contributed by atoms with van der Waals surface area (Å²) in [6.45, 7) is 4.52. The second-order valence-electron chi connectivity index (χ2n) is 4.70. The smallest absolute Gasteiger partial charge is 0.119 e. The zero-order valence-corrected chi connectivity index (χ0v) is 13.4. The van der Waals surface area contributed by atoms with Crippen molar-refractivity contribution in [2.45, 2.75) is 44.0 Å². The van der Waals surface area contributed by atoms with Gasteiger partial charge in [-0.15, -0.1) is 0 Å². The summed E-state index contributed by atoms with van der Waals surface area (Å²) in [5.41, 5.74) is 0.313. The molecule has 0 bridgehead atoms. The lowest BCUT2D eigenvalue weighted by Crippen LogP contribution is -2.56. The van der Waals surface area contributed by atoms with E-state index in [4.69, 9.17) is 4.74 Å². The van der Waals surface area contributed by atoms with Crippen LogP contribution in [0, 0.1) is 5.41 Å². The Balaban J connectivity index is 2.07. The highest BCUT2D eigenvalue weighted by Crippen LogP contribution is 2.52. The minimum absolute atomic E-state index is 0.313. The molecule has 0 saturated heterocycles. The topological polar surface area (TPSA) is 9.23 Å². The average Bonchev–Trinajstić information content (AvgIpc) is 2.33. The predicted octanol–water partition coefficient (Wildman–Crippen LogP) is 5.17. The fourth-order valence-corrected chi connectivity index (χ4v) is 4.24. The summed E-state index contributed by atoms with van der Waals surface area (Å²) >= 11 is 7.22. The second-order valence-corrected chi connectivity index (χ2v) is 6.72. The van der Waals surface area contributed by atoms with Crippen molar-refractivity contribution in [1.82, 2.24) is 0 Å². The van der Waals surface area contributed by atoms with Crippen molar-refractivity contribution >= 4 is 31.9 Å². The van der Waals surface area contributed by atoms with E-state index in [-0.39, 0.29) is 0 Å². The minimum Gasteiger partial charge on any atom is -0.490 e. The Morgan fingerprint density at radius 2 is 1.82 bits per heavy atom. The summed E-state index contributed by atoms with van der Waals surface area (Å²) < 4.78 is 7.21. The Hall–Kier alpha value is -0.0200. The van der Waals surface area contributed by atoms with Crippen molar-refractivity contribution in [3.8, 4) is 5.75 Å². The Labute approximate surface area is 120 Å². The fraction of sp³-hybridized carbons (Fsp3) is 0.571. The summed E-state index contributed by atoms with van der Waals surface area (Å²) in [6, 6.07) is 8.11. The summed E-state index contributed by atoms with van der Waals surface area (Å²) in [4.78, 5) is 0.602. The number of ether oxygens (including phenoxy) is 1. The van der Waals surface area contributed by atoms with Gasteiger partial charge in [0, 0.05) is 14.7 Å². The molecule has 1 fully saturated rings. The van der Waals surface area contributed by atoms with Crippen molar-refractivity contribution in [2.75, 3.05) is 0 Å². The van der Waals surface area contributed by atoms with Gasteiger partial charge in [0.25, 0.3) is 0 Å². The first-order valence-corrected chi connectivity index (χ1v) is 7.89. The predicted molar refractivity (Wildman–Crippen MR) is 78.9 cm³/mol. The SMILES string of the molecule is CCC1(CC)C(Br)CC1Oc1ccc(Br)cc1. The summed E-state index contributed by atoms with van der Waals surface area (Å²) in [5, 5.41) is 0. The lowest BCUT2D eigenvalue weighted by Gasteiger charge is -2.52. The Kier molecular flexibility index (Phi) is 4.19. The third kappa shape index (κ3) is 2.41. The molecule has 3 heteroatoms. The molecule has 94 valence electrons. The quantitative estimate of drug-likeness (QED) is 0.672. The lowest BCUT2D eigenvalue weighted by molar-refractivity contribution is -0.0411. The van der Waals surface area contributed by atoms with Gasteiger partial charge in [-0.1, -0.05) is 45.7 Å². The van der Waals surface area contributed by atoms with Gasteiger partial charge in [-0.3, -0.25) is 0 Å². The largest absolute Gasteiger partial charge is 0.490 e. The molecular formula is C14H18Br2O. The number of hydrogen-bond donors (Lipinski definition) is 0. The van der Waals surface area contributed by atoms with Crippen LogP contribution in [0.25, 0.3) is 0 Å². The van der Waals surface area contributed by atoms with Crippen LogP contribution in [0.4, 0.5) is 0 Å². The van der Waals surface area contributed by atoms with Crippen LogP contribution in [0.2, 0.25) is 0 Å². The van der Waals surface area contributed by atoms with E-state index in [0.29, 0.717) is 16.3 Å². The van der Waals surface area contributed by atoms with Gasteiger partial charge in [0.15, 0.2) is 0 Å². The van der Waals surface area contributed by atoms with Crippen LogP contribution < -0.4 is 4.74 Å². The first-order chi connectivity index (χ1) is 8.12. The van der Waals surface area contributed by atoms with Gasteiger partial charge in [-0.05, 0) is 43.5 Å². The standard InChI is InChI=1S/C14H18Br2O/c1-3-14(4-2)12(16)9-13(14)17-11-7-5-10(15)6-8-11/h5-8,12-13H,3-4,9H2,1-2H3. The van der Waals surface area contributed by atoms with E-state index in [1.54, 1.807) is 0 Å². The van der Waals surface area contributed by atoms with Crippen molar-refractivity contribution in [1.29, 1.82) is 0 Å². The first kappa shape index (κ1) is 13.4. The molecule has 0 amide bonds. The second kappa shape index (κ2) is 5.31. The molecule has 1 nitrogen and oxygen atoms in total. The van der Waals surface area contributed by atoms with Gasteiger partial charge >= 0.3 is 0 Å². The molecule has 2 atom stereocenters. The molecule has 0 heterocycles. The van der Waals surface area contributed by atoms with Crippen LogP contribution >= 0.6 is 31.9 Å². The Morgan fingerprint density at radius 1 is 1.24 bits per heavy atom. The van der Waals surface area contributed by atoms with Crippen LogP contribution in [0.3, 0.4) is 0 Å². The lowest BCUT2D eigenvalue weighted by atomic mass is 9.62. The molecular weight excluding hydrogens is 344 g/mol. The highest BCUT2D eigenvalue weighted by molar-refractivity contribution is 9.10. The minimum atomic E-state index is 0.313. The monoisotopic (exact) mass is 360 g/mol. The van der Waals surface area contributed by atoms with Gasteiger partial charge in [0.1, 0.15) is 11.9 Å². The molecule has 0 aromatic heterocycles. The molecule has 0 N–H and O–H groups in total. The maximum atomic E-state index is 6.12. The van der Waals surface area contributed by atoms with Gasteiger partial charge in [-0.25, -0.2) is 0 Å². The van der Waals surface area contributed by atoms with E-state index in [1.165, 1.54) is 12.8 Å². The number of alkyl halides is 1. The molecule has 1 aliphatic rings. The molecule has 1 saturated carbocycles. The average molecular weight is 362 g/mol. The number of rotatable bonds is 4. The normalized spacial score (nSPS) is 26.4. The fourth-order valence-electron chi connectivity index (χ4n) is 2.69. The summed E-state index contributed by atoms with van der Waals surface area (Å²) in [7, 11) is 0. The summed E-state index contributed by atoms with van der Waals surface area (Å²) in [6.07, 6.45) is 3.79. The summed E-state index contributed by atoms with van der Waals surface area (Å²) in [5.74, 6) is 0.976. The first-order valence-electron chi connectivity index (χ1n) is 6.18. The van der Waals surface area contributed by atoms with Crippen molar-refractivity contribution in [3.05, 3.63) is 28.7 Å². The van der Waals surface area contributed by atoms with E-state index in [2.05, 4.69) is 45.7 Å². The number of halogens is 2. The highest BCUT2D eigenvalue weighted by Gasteiger charge is 2.53. The van der Waals surface area contributed by atoms with Gasteiger partial charge in [0.05, 0.1) is 0 Å². The maximum absolute atomic E-state index is 6.12. The van der Waals surface area contributed by atoms with Crippen molar-refractivity contribution in [3.63, 3.8) is 0 Å². The zero-order chi connectivity index (χ0) is 12.5. The van der Waals surface area contributed by atoms with Crippen molar-refractivity contribution < 1.29 is 4.74 Å². The third-order valence-corrected chi connectivity index (χ3v) is 5.91. The Bertz CT molecular complexity index is 370.